The van der Waals surface area contributed by atoms with Crippen LogP contribution in [0.2, 0.25) is 0 Å². The summed E-state index contributed by atoms with van der Waals surface area (Å²) in [5, 5.41) is 13.8. The Kier molecular flexibility index (Phi) is 4.45. The van der Waals surface area contributed by atoms with Gasteiger partial charge in [0.2, 0.25) is 0 Å². The second kappa shape index (κ2) is 7.43. The number of aromatic amines is 2. The summed E-state index contributed by atoms with van der Waals surface area (Å²) in [6, 6.07) is 11.2. The zero-order chi connectivity index (χ0) is 19.9. The number of nitrogens with zero attached hydrogens (tertiary/aromatic N) is 3. The van der Waals surface area contributed by atoms with Crippen molar-refractivity contribution in [2.75, 3.05) is 31.1 Å². The van der Waals surface area contributed by atoms with Gasteiger partial charge >= 0.3 is 0 Å². The Morgan fingerprint density at radius 3 is 2.67 bits per heavy atom. The lowest BCUT2D eigenvalue weighted by molar-refractivity contribution is 0.460. The molecule has 6 rings (SSSR count). The standard InChI is InChI=1S/C24H28N6/c1-2-12-30(13-3-1)22-8-11-26-24-19(22)15-21(27-24)23-18-14-17(4-5-20(18)28-29-23)16-6-9-25-10-7-16/h4-5,8,11,14-16,25H,1-3,6-7,9-10,12-13H2,(H,26,27)(H,28,29). The van der Waals surface area contributed by atoms with Crippen LogP contribution >= 0.6 is 0 Å². The fraction of sp³-hybridized carbons (Fsp3) is 0.417. The first-order valence-corrected chi connectivity index (χ1v) is 11.3. The molecule has 5 heterocycles. The summed E-state index contributed by atoms with van der Waals surface area (Å²) in [5.74, 6) is 0.633. The summed E-state index contributed by atoms with van der Waals surface area (Å²) in [7, 11) is 0. The van der Waals surface area contributed by atoms with Crippen LogP contribution in [-0.2, 0) is 0 Å². The van der Waals surface area contributed by atoms with Gasteiger partial charge in [0.05, 0.1) is 11.2 Å². The van der Waals surface area contributed by atoms with Crippen molar-refractivity contribution in [2.24, 2.45) is 0 Å². The van der Waals surface area contributed by atoms with Crippen molar-refractivity contribution in [1.29, 1.82) is 0 Å². The Hall–Kier alpha value is -2.86. The highest BCUT2D eigenvalue weighted by Crippen LogP contribution is 2.35. The minimum absolute atomic E-state index is 0.633. The molecule has 0 bridgehead atoms. The van der Waals surface area contributed by atoms with E-state index in [4.69, 9.17) is 0 Å². The molecular formula is C24H28N6. The normalized spacial score (nSPS) is 18.5. The molecule has 6 nitrogen and oxygen atoms in total. The summed E-state index contributed by atoms with van der Waals surface area (Å²) < 4.78 is 0. The quantitative estimate of drug-likeness (QED) is 0.471. The third kappa shape index (κ3) is 3.06. The molecule has 3 aromatic heterocycles. The molecule has 2 aliphatic rings. The van der Waals surface area contributed by atoms with E-state index in [1.54, 1.807) is 0 Å². The Morgan fingerprint density at radius 1 is 0.933 bits per heavy atom. The van der Waals surface area contributed by atoms with Gasteiger partial charge in [-0.3, -0.25) is 5.10 Å². The molecule has 1 aromatic carbocycles. The van der Waals surface area contributed by atoms with Crippen LogP contribution in [0.15, 0.2) is 36.5 Å². The Morgan fingerprint density at radius 2 is 1.80 bits per heavy atom. The molecule has 4 aromatic rings. The molecule has 0 atom stereocenters. The molecule has 3 N–H and O–H groups in total. The third-order valence-corrected chi connectivity index (χ3v) is 6.86. The molecule has 0 aliphatic carbocycles. The average molecular weight is 401 g/mol. The number of anilines is 1. The van der Waals surface area contributed by atoms with E-state index in [1.807, 2.05) is 6.20 Å². The number of pyridine rings is 1. The van der Waals surface area contributed by atoms with Crippen molar-refractivity contribution in [3.05, 3.63) is 42.1 Å². The SMILES string of the molecule is c1cc(N2CCCCC2)c2cc(-c3n[nH]c4ccc(C5CCNCC5)cc34)[nH]c2n1. The highest BCUT2D eigenvalue weighted by molar-refractivity contribution is 5.98. The van der Waals surface area contributed by atoms with Crippen molar-refractivity contribution in [3.63, 3.8) is 0 Å². The van der Waals surface area contributed by atoms with E-state index in [-0.39, 0.29) is 0 Å². The van der Waals surface area contributed by atoms with Gasteiger partial charge in [0.25, 0.3) is 0 Å². The van der Waals surface area contributed by atoms with Crippen molar-refractivity contribution in [1.82, 2.24) is 25.5 Å². The van der Waals surface area contributed by atoms with Crippen molar-refractivity contribution in [2.45, 2.75) is 38.0 Å². The second-order valence-electron chi connectivity index (χ2n) is 8.72. The van der Waals surface area contributed by atoms with Crippen LogP contribution in [0.1, 0.15) is 43.6 Å². The van der Waals surface area contributed by atoms with Crippen LogP contribution in [0.3, 0.4) is 0 Å². The number of benzene rings is 1. The second-order valence-corrected chi connectivity index (χ2v) is 8.72. The number of nitrogens with one attached hydrogen (secondary N) is 3. The maximum absolute atomic E-state index is 4.68. The molecule has 2 fully saturated rings. The molecule has 154 valence electrons. The molecule has 2 saturated heterocycles. The third-order valence-electron chi connectivity index (χ3n) is 6.86. The molecule has 0 unspecified atom stereocenters. The molecule has 6 heteroatoms. The van der Waals surface area contributed by atoms with E-state index < -0.39 is 0 Å². The number of fused-ring (bicyclic) bond motifs is 2. The van der Waals surface area contributed by atoms with Crippen molar-refractivity contribution < 1.29 is 0 Å². The number of H-pyrrole nitrogens is 2. The van der Waals surface area contributed by atoms with Gasteiger partial charge in [0.1, 0.15) is 11.3 Å². The van der Waals surface area contributed by atoms with Crippen LogP contribution in [0.25, 0.3) is 33.3 Å². The van der Waals surface area contributed by atoms with E-state index >= 15 is 0 Å². The largest absolute Gasteiger partial charge is 0.371 e. The van der Waals surface area contributed by atoms with Crippen LogP contribution in [0, 0.1) is 0 Å². The summed E-state index contributed by atoms with van der Waals surface area (Å²) in [5.41, 5.74) is 6.77. The predicted octanol–water partition coefficient (Wildman–Crippen LogP) is 4.56. The highest BCUT2D eigenvalue weighted by Gasteiger charge is 2.20. The molecule has 0 radical (unpaired) electrons. The predicted molar refractivity (Wildman–Crippen MR) is 122 cm³/mol. The number of piperidine rings is 2. The van der Waals surface area contributed by atoms with Gasteiger partial charge in [-0.1, -0.05) is 6.07 Å². The number of hydrogen-bond donors (Lipinski definition) is 3. The minimum Gasteiger partial charge on any atom is -0.371 e. The lowest BCUT2D eigenvalue weighted by atomic mass is 9.89. The first kappa shape index (κ1) is 18.0. The van der Waals surface area contributed by atoms with Gasteiger partial charge in [0, 0.05) is 35.7 Å². The first-order chi connectivity index (χ1) is 14.9. The molecule has 2 aliphatic heterocycles. The van der Waals surface area contributed by atoms with Gasteiger partial charge in [-0.05, 0) is 80.9 Å². The van der Waals surface area contributed by atoms with Crippen molar-refractivity contribution in [3.8, 4) is 11.4 Å². The topological polar surface area (TPSA) is 72.6 Å². The smallest absolute Gasteiger partial charge is 0.139 e. The van der Waals surface area contributed by atoms with E-state index in [0.717, 1.165) is 48.7 Å². The molecule has 30 heavy (non-hydrogen) atoms. The molecular weight excluding hydrogens is 372 g/mol. The molecule has 0 saturated carbocycles. The molecule has 0 spiro atoms. The van der Waals surface area contributed by atoms with Gasteiger partial charge in [-0.25, -0.2) is 4.98 Å². The van der Waals surface area contributed by atoms with Crippen molar-refractivity contribution >= 4 is 27.6 Å². The van der Waals surface area contributed by atoms with Crippen LogP contribution in [-0.4, -0.2) is 46.3 Å². The maximum Gasteiger partial charge on any atom is 0.139 e. The van der Waals surface area contributed by atoms with Gasteiger partial charge in [-0.15, -0.1) is 0 Å². The van der Waals surface area contributed by atoms with E-state index in [0.29, 0.717) is 5.92 Å². The van der Waals surface area contributed by atoms with Gasteiger partial charge < -0.3 is 15.2 Å². The average Bonchev–Trinajstić information content (AvgIpc) is 3.43. The zero-order valence-corrected chi connectivity index (χ0v) is 17.2. The van der Waals surface area contributed by atoms with Crippen LogP contribution in [0.4, 0.5) is 5.69 Å². The highest BCUT2D eigenvalue weighted by atomic mass is 15.1. The summed E-state index contributed by atoms with van der Waals surface area (Å²) in [6.45, 7) is 4.47. The zero-order valence-electron chi connectivity index (χ0n) is 17.2. The van der Waals surface area contributed by atoms with E-state index in [2.05, 4.69) is 60.7 Å². The first-order valence-electron chi connectivity index (χ1n) is 11.3. The summed E-state index contributed by atoms with van der Waals surface area (Å²) >= 11 is 0. The summed E-state index contributed by atoms with van der Waals surface area (Å²) in [6.07, 6.45) is 8.20. The Labute approximate surface area is 176 Å². The monoisotopic (exact) mass is 400 g/mol. The number of rotatable bonds is 3. The van der Waals surface area contributed by atoms with E-state index in [1.165, 1.54) is 54.1 Å². The lowest BCUT2D eigenvalue weighted by Gasteiger charge is -2.29. The van der Waals surface area contributed by atoms with Gasteiger partial charge in [0.15, 0.2) is 0 Å². The van der Waals surface area contributed by atoms with Crippen LogP contribution < -0.4 is 10.2 Å². The number of hydrogen-bond acceptors (Lipinski definition) is 4. The number of aromatic nitrogens is 4. The van der Waals surface area contributed by atoms with E-state index in [9.17, 15) is 0 Å². The minimum atomic E-state index is 0.633. The fourth-order valence-corrected chi connectivity index (χ4v) is 5.20. The van der Waals surface area contributed by atoms with Gasteiger partial charge in [-0.2, -0.15) is 5.10 Å². The fourth-order valence-electron chi connectivity index (χ4n) is 5.20. The summed E-state index contributed by atoms with van der Waals surface area (Å²) in [4.78, 5) is 10.7. The Bertz CT molecular complexity index is 1180. The van der Waals surface area contributed by atoms with Crippen LogP contribution in [0.5, 0.6) is 0 Å². The maximum atomic E-state index is 4.68. The molecule has 0 amide bonds. The Balaban J connectivity index is 1.42. The lowest BCUT2D eigenvalue weighted by Crippen LogP contribution is -2.29.